The van der Waals surface area contributed by atoms with Crippen LogP contribution in [-0.2, 0) is 0 Å². The third-order valence-electron chi connectivity index (χ3n) is 4.28. The maximum Gasteiger partial charge on any atom is 0.259 e. The average Bonchev–Trinajstić information content (AvgIpc) is 2.77. The van der Waals surface area contributed by atoms with Crippen LogP contribution >= 0.6 is 0 Å². The van der Waals surface area contributed by atoms with Crippen molar-refractivity contribution >= 4 is 17.4 Å². The number of hydrogen-bond donors (Lipinski definition) is 1. The van der Waals surface area contributed by atoms with Gasteiger partial charge in [-0.2, -0.15) is 0 Å². The van der Waals surface area contributed by atoms with Gasteiger partial charge >= 0.3 is 0 Å². The fraction of sp³-hybridized carbons (Fsp3) is 0.120. The Bertz CT molecular complexity index is 1050. The molecule has 3 aromatic carbocycles. The summed E-state index contributed by atoms with van der Waals surface area (Å²) in [5.41, 5.74) is 2.06. The van der Waals surface area contributed by atoms with Crippen LogP contribution in [0, 0.1) is 11.8 Å². The second-order valence-electron chi connectivity index (χ2n) is 6.51. The largest absolute Gasteiger partial charge is 0.381 e. The van der Waals surface area contributed by atoms with Crippen LogP contribution in [0.2, 0.25) is 0 Å². The Labute approximate surface area is 170 Å². The third kappa shape index (κ3) is 5.19. The van der Waals surface area contributed by atoms with E-state index < -0.39 is 6.10 Å². The van der Waals surface area contributed by atoms with Gasteiger partial charge in [0.15, 0.2) is 5.78 Å². The Kier molecular flexibility index (Phi) is 6.57. The summed E-state index contributed by atoms with van der Waals surface area (Å²) >= 11 is 0. The molecule has 144 valence electrons. The van der Waals surface area contributed by atoms with E-state index in [0.29, 0.717) is 22.4 Å². The molecule has 3 aromatic rings. The quantitative estimate of drug-likeness (QED) is 0.536. The molecule has 1 atom stereocenters. The van der Waals surface area contributed by atoms with Gasteiger partial charge < -0.3 is 10.0 Å². The lowest BCUT2D eigenvalue weighted by Crippen LogP contribution is -2.36. The molecule has 0 aliphatic carbocycles. The zero-order valence-corrected chi connectivity index (χ0v) is 16.1. The maximum atomic E-state index is 13.4. The first-order chi connectivity index (χ1) is 14.1. The fourth-order valence-electron chi connectivity index (χ4n) is 2.85. The summed E-state index contributed by atoms with van der Waals surface area (Å²) in [6.07, 6.45) is -0.803. The monoisotopic (exact) mass is 383 g/mol. The van der Waals surface area contributed by atoms with Crippen LogP contribution in [0.25, 0.3) is 0 Å². The molecule has 0 saturated heterocycles. The van der Waals surface area contributed by atoms with Crippen LogP contribution in [0.1, 0.15) is 33.2 Å². The molecular formula is C25H21NO3. The summed E-state index contributed by atoms with van der Waals surface area (Å²) in [7, 11) is 0. The van der Waals surface area contributed by atoms with Gasteiger partial charge in [-0.1, -0.05) is 72.5 Å². The standard InChI is InChI=1S/C25H21NO3/c1-19(27)16-17-20-10-8-9-15-23(20)25(29)26(22-13-6-3-7-14-22)18-24(28)21-11-4-2-5-12-21/h2-15,19,27H,18H2,1H3. The molecule has 4 nitrogen and oxygen atoms in total. The van der Waals surface area contributed by atoms with Crippen molar-refractivity contribution in [1.29, 1.82) is 0 Å². The van der Waals surface area contributed by atoms with Crippen molar-refractivity contribution in [1.82, 2.24) is 0 Å². The summed E-state index contributed by atoms with van der Waals surface area (Å²) in [5, 5.41) is 9.46. The van der Waals surface area contributed by atoms with E-state index in [9.17, 15) is 14.7 Å². The molecule has 1 amide bonds. The Morgan fingerprint density at radius 3 is 2.14 bits per heavy atom. The molecule has 3 rings (SSSR count). The molecule has 0 aromatic heterocycles. The van der Waals surface area contributed by atoms with Gasteiger partial charge in [0.1, 0.15) is 6.10 Å². The number of carbonyl (C=O) groups is 2. The van der Waals surface area contributed by atoms with Crippen molar-refractivity contribution in [3.63, 3.8) is 0 Å². The van der Waals surface area contributed by atoms with Crippen LogP contribution in [0.15, 0.2) is 84.9 Å². The van der Waals surface area contributed by atoms with E-state index in [1.807, 2.05) is 24.3 Å². The van der Waals surface area contributed by atoms with Crippen LogP contribution in [0.5, 0.6) is 0 Å². The van der Waals surface area contributed by atoms with Crippen molar-refractivity contribution in [2.45, 2.75) is 13.0 Å². The zero-order chi connectivity index (χ0) is 20.6. The van der Waals surface area contributed by atoms with Gasteiger partial charge in [0, 0.05) is 16.8 Å². The number of hydrogen-bond acceptors (Lipinski definition) is 3. The normalized spacial score (nSPS) is 11.1. The smallest absolute Gasteiger partial charge is 0.259 e. The van der Waals surface area contributed by atoms with Gasteiger partial charge in [-0.15, -0.1) is 0 Å². The molecule has 0 bridgehead atoms. The van der Waals surface area contributed by atoms with E-state index in [4.69, 9.17) is 0 Å². The predicted octanol–water partition coefficient (Wildman–Crippen LogP) is 3.95. The van der Waals surface area contributed by atoms with Crippen molar-refractivity contribution in [2.75, 3.05) is 11.4 Å². The van der Waals surface area contributed by atoms with E-state index >= 15 is 0 Å². The summed E-state index contributed by atoms with van der Waals surface area (Å²) in [6, 6.07) is 24.9. The first-order valence-electron chi connectivity index (χ1n) is 9.30. The number of carbonyl (C=O) groups excluding carboxylic acids is 2. The fourth-order valence-corrected chi connectivity index (χ4v) is 2.85. The molecule has 0 spiro atoms. The minimum absolute atomic E-state index is 0.0922. The number of para-hydroxylation sites is 1. The topological polar surface area (TPSA) is 57.6 Å². The molecule has 0 aliphatic rings. The molecule has 0 fully saturated rings. The van der Waals surface area contributed by atoms with Gasteiger partial charge in [-0.3, -0.25) is 9.59 Å². The first-order valence-corrected chi connectivity index (χ1v) is 9.30. The number of nitrogens with zero attached hydrogens (tertiary/aromatic N) is 1. The molecule has 0 radical (unpaired) electrons. The number of benzene rings is 3. The molecule has 1 unspecified atom stereocenters. The average molecular weight is 383 g/mol. The van der Waals surface area contributed by atoms with Gasteiger partial charge in [0.25, 0.3) is 5.91 Å². The lowest BCUT2D eigenvalue weighted by molar-refractivity contribution is 0.0936. The Balaban J connectivity index is 1.99. The van der Waals surface area contributed by atoms with Crippen LogP contribution < -0.4 is 4.90 Å². The summed E-state index contributed by atoms with van der Waals surface area (Å²) in [4.78, 5) is 27.7. The minimum Gasteiger partial charge on any atom is -0.381 e. The highest BCUT2D eigenvalue weighted by Gasteiger charge is 2.23. The molecule has 0 heterocycles. The second-order valence-corrected chi connectivity index (χ2v) is 6.51. The maximum absolute atomic E-state index is 13.4. The highest BCUT2D eigenvalue weighted by molar-refractivity contribution is 6.12. The lowest BCUT2D eigenvalue weighted by atomic mass is 10.0. The lowest BCUT2D eigenvalue weighted by Gasteiger charge is -2.23. The zero-order valence-electron chi connectivity index (χ0n) is 16.1. The Morgan fingerprint density at radius 2 is 1.48 bits per heavy atom. The van der Waals surface area contributed by atoms with Crippen molar-refractivity contribution in [3.05, 3.63) is 102 Å². The highest BCUT2D eigenvalue weighted by Crippen LogP contribution is 2.20. The van der Waals surface area contributed by atoms with E-state index in [1.54, 1.807) is 67.6 Å². The molecule has 29 heavy (non-hydrogen) atoms. The van der Waals surface area contributed by atoms with Crippen molar-refractivity contribution in [2.24, 2.45) is 0 Å². The Morgan fingerprint density at radius 1 is 0.897 bits per heavy atom. The minimum atomic E-state index is -0.803. The summed E-state index contributed by atoms with van der Waals surface area (Å²) in [6.45, 7) is 1.47. The highest BCUT2D eigenvalue weighted by atomic mass is 16.3. The molecule has 0 aliphatic heterocycles. The van der Waals surface area contributed by atoms with Crippen molar-refractivity contribution in [3.8, 4) is 11.8 Å². The van der Waals surface area contributed by atoms with E-state index in [2.05, 4.69) is 11.8 Å². The number of ketones is 1. The van der Waals surface area contributed by atoms with Gasteiger partial charge in [0.05, 0.1) is 12.1 Å². The van der Waals surface area contributed by atoms with Gasteiger partial charge in [-0.25, -0.2) is 0 Å². The van der Waals surface area contributed by atoms with Crippen molar-refractivity contribution < 1.29 is 14.7 Å². The molecular weight excluding hydrogens is 362 g/mol. The van der Waals surface area contributed by atoms with E-state index in [1.165, 1.54) is 4.90 Å². The molecule has 0 saturated carbocycles. The van der Waals surface area contributed by atoms with Crippen LogP contribution in [-0.4, -0.2) is 29.4 Å². The summed E-state index contributed by atoms with van der Waals surface area (Å²) in [5.74, 6) is 5.04. The second kappa shape index (κ2) is 9.50. The van der Waals surface area contributed by atoms with Gasteiger partial charge in [0.2, 0.25) is 0 Å². The van der Waals surface area contributed by atoms with Gasteiger partial charge in [-0.05, 0) is 31.2 Å². The van der Waals surface area contributed by atoms with E-state index in [0.717, 1.165) is 0 Å². The molecule has 4 heteroatoms. The predicted molar refractivity (Wildman–Crippen MR) is 114 cm³/mol. The number of aliphatic hydroxyl groups is 1. The number of rotatable bonds is 5. The van der Waals surface area contributed by atoms with Crippen LogP contribution in [0.4, 0.5) is 5.69 Å². The number of aliphatic hydroxyl groups excluding tert-OH is 1. The number of anilines is 1. The molecule has 1 N–H and O–H groups in total. The summed E-state index contributed by atoms with van der Waals surface area (Å²) < 4.78 is 0. The Hall–Kier alpha value is -3.68. The van der Waals surface area contributed by atoms with E-state index in [-0.39, 0.29) is 18.2 Å². The SMILES string of the molecule is CC(O)C#Cc1ccccc1C(=O)N(CC(=O)c1ccccc1)c1ccccc1. The third-order valence-corrected chi connectivity index (χ3v) is 4.28. The number of amides is 1. The number of Topliss-reactive ketones (excluding diaryl/α,β-unsaturated/α-hetero) is 1. The van der Waals surface area contributed by atoms with Crippen LogP contribution in [0.3, 0.4) is 0 Å². The first kappa shape index (κ1) is 20.1.